The molecule has 0 aliphatic carbocycles. The molecule has 3 aromatic carbocycles. The van der Waals surface area contributed by atoms with E-state index in [9.17, 15) is 9.59 Å². The van der Waals surface area contributed by atoms with Crippen molar-refractivity contribution in [1.29, 1.82) is 0 Å². The van der Waals surface area contributed by atoms with Gasteiger partial charge in [-0.05, 0) is 60.9 Å². The largest absolute Gasteiger partial charge is 0.495 e. The maximum Gasteiger partial charge on any atom is 0.322 e. The van der Waals surface area contributed by atoms with Crippen LogP contribution in [0.25, 0.3) is 16.6 Å². The lowest BCUT2D eigenvalue weighted by atomic mass is 10.1. The topological polar surface area (TPSA) is 76.5 Å². The van der Waals surface area contributed by atoms with Crippen LogP contribution in [0.5, 0.6) is 5.75 Å². The standard InChI is InChI=1S/C29H31ClN4O3/c1-5-25(33(18-19(2)3)29(36)32-24-12-8-9-13-26(24)37-4)27-31-23-11-7-6-10-22(23)28(35)34(27)21-16-14-20(30)15-17-21/h6-17,19,25H,5,18H2,1-4H3,(H,32,36). The molecule has 1 heterocycles. The first kappa shape index (κ1) is 26.2. The van der Waals surface area contributed by atoms with Gasteiger partial charge in [0.05, 0.1) is 35.4 Å². The van der Waals surface area contributed by atoms with Gasteiger partial charge in [-0.3, -0.25) is 9.36 Å². The molecule has 1 atom stereocenters. The molecule has 4 rings (SSSR count). The Morgan fingerprint density at radius 2 is 1.73 bits per heavy atom. The number of halogens is 1. The van der Waals surface area contributed by atoms with E-state index in [4.69, 9.17) is 21.3 Å². The van der Waals surface area contributed by atoms with E-state index in [1.807, 2.05) is 37.3 Å². The van der Waals surface area contributed by atoms with Crippen LogP contribution in [-0.2, 0) is 0 Å². The van der Waals surface area contributed by atoms with Crippen LogP contribution >= 0.6 is 11.6 Å². The Labute approximate surface area is 221 Å². The quantitative estimate of drug-likeness (QED) is 0.282. The van der Waals surface area contributed by atoms with Crippen LogP contribution in [0, 0.1) is 5.92 Å². The lowest BCUT2D eigenvalue weighted by Crippen LogP contribution is -2.42. The fourth-order valence-corrected chi connectivity index (χ4v) is 4.56. The minimum atomic E-state index is -0.481. The average Bonchev–Trinajstić information content (AvgIpc) is 2.89. The Morgan fingerprint density at radius 1 is 1.05 bits per heavy atom. The first-order chi connectivity index (χ1) is 17.8. The number of carbonyl (C=O) groups is 1. The first-order valence-electron chi connectivity index (χ1n) is 12.3. The number of carbonyl (C=O) groups excluding carboxylic acids is 1. The zero-order valence-corrected chi connectivity index (χ0v) is 22.2. The zero-order chi connectivity index (χ0) is 26.5. The van der Waals surface area contributed by atoms with E-state index in [0.29, 0.717) is 51.8 Å². The highest BCUT2D eigenvalue weighted by molar-refractivity contribution is 6.30. The Balaban J connectivity index is 1.88. The van der Waals surface area contributed by atoms with Crippen LogP contribution in [0.1, 0.15) is 39.1 Å². The van der Waals surface area contributed by atoms with Gasteiger partial charge >= 0.3 is 6.03 Å². The summed E-state index contributed by atoms with van der Waals surface area (Å²) in [4.78, 5) is 34.2. The minimum Gasteiger partial charge on any atom is -0.495 e. The average molecular weight is 519 g/mol. The number of para-hydroxylation sites is 3. The molecule has 0 aliphatic heterocycles. The summed E-state index contributed by atoms with van der Waals surface area (Å²) in [5.74, 6) is 1.23. The lowest BCUT2D eigenvalue weighted by molar-refractivity contribution is 0.171. The van der Waals surface area contributed by atoms with Crippen molar-refractivity contribution in [2.75, 3.05) is 19.0 Å². The van der Waals surface area contributed by atoms with Crippen molar-refractivity contribution in [2.45, 2.75) is 33.2 Å². The maximum absolute atomic E-state index is 13.8. The summed E-state index contributed by atoms with van der Waals surface area (Å²) in [6.45, 7) is 6.55. The van der Waals surface area contributed by atoms with Gasteiger partial charge in [0.15, 0.2) is 0 Å². The van der Waals surface area contributed by atoms with Crippen LogP contribution < -0.4 is 15.6 Å². The van der Waals surface area contributed by atoms with Crippen molar-refractivity contribution >= 4 is 34.2 Å². The predicted molar refractivity (Wildman–Crippen MR) is 149 cm³/mol. The van der Waals surface area contributed by atoms with Crippen LogP contribution in [-0.4, -0.2) is 34.1 Å². The lowest BCUT2D eigenvalue weighted by Gasteiger charge is -2.33. The Hall–Kier alpha value is -3.84. The second kappa shape index (κ2) is 11.5. The monoisotopic (exact) mass is 518 g/mol. The number of nitrogens with one attached hydrogen (secondary N) is 1. The Kier molecular flexibility index (Phi) is 8.14. The van der Waals surface area contributed by atoms with Crippen LogP contribution in [0.15, 0.2) is 77.6 Å². The molecule has 0 saturated carbocycles. The third-order valence-corrected chi connectivity index (χ3v) is 6.37. The minimum absolute atomic E-state index is 0.175. The number of anilines is 1. The number of amides is 2. The molecule has 0 bridgehead atoms. The highest BCUT2D eigenvalue weighted by Crippen LogP contribution is 2.29. The number of aromatic nitrogens is 2. The molecule has 1 unspecified atom stereocenters. The normalized spacial score (nSPS) is 11.9. The summed E-state index contributed by atoms with van der Waals surface area (Å²) in [6, 6.07) is 20.8. The van der Waals surface area contributed by atoms with Gasteiger partial charge in [-0.25, -0.2) is 9.78 Å². The van der Waals surface area contributed by atoms with Gasteiger partial charge < -0.3 is 15.0 Å². The van der Waals surface area contributed by atoms with Crippen molar-refractivity contribution in [3.63, 3.8) is 0 Å². The molecular weight excluding hydrogens is 488 g/mol. The van der Waals surface area contributed by atoms with Gasteiger partial charge in [-0.2, -0.15) is 0 Å². The summed E-state index contributed by atoms with van der Waals surface area (Å²) < 4.78 is 7.02. The molecule has 0 fully saturated rings. The number of ether oxygens (including phenoxy) is 1. The molecule has 0 aliphatic rings. The first-order valence-corrected chi connectivity index (χ1v) is 12.7. The summed E-state index contributed by atoms with van der Waals surface area (Å²) in [7, 11) is 1.57. The number of rotatable bonds is 8. The summed E-state index contributed by atoms with van der Waals surface area (Å²) in [6.07, 6.45) is 0.546. The van der Waals surface area contributed by atoms with Gasteiger partial charge in [0.1, 0.15) is 11.6 Å². The van der Waals surface area contributed by atoms with Crippen LogP contribution in [0.2, 0.25) is 5.02 Å². The second-order valence-electron chi connectivity index (χ2n) is 9.20. The number of nitrogens with zero attached hydrogens (tertiary/aromatic N) is 3. The van der Waals surface area contributed by atoms with E-state index < -0.39 is 6.04 Å². The fourth-order valence-electron chi connectivity index (χ4n) is 4.44. The molecule has 0 saturated heterocycles. The van der Waals surface area contributed by atoms with Gasteiger partial charge in [0.25, 0.3) is 5.56 Å². The molecule has 1 N–H and O–H groups in total. The maximum atomic E-state index is 13.8. The van der Waals surface area contributed by atoms with E-state index in [0.717, 1.165) is 0 Å². The third-order valence-electron chi connectivity index (χ3n) is 6.12. The van der Waals surface area contributed by atoms with E-state index in [2.05, 4.69) is 19.2 Å². The van der Waals surface area contributed by atoms with Crippen molar-refractivity contribution in [1.82, 2.24) is 14.5 Å². The van der Waals surface area contributed by atoms with Gasteiger partial charge in [-0.15, -0.1) is 0 Å². The van der Waals surface area contributed by atoms with Crippen LogP contribution in [0.4, 0.5) is 10.5 Å². The van der Waals surface area contributed by atoms with E-state index in [1.165, 1.54) is 0 Å². The number of hydrogen-bond donors (Lipinski definition) is 1. The van der Waals surface area contributed by atoms with Crippen molar-refractivity contribution in [3.05, 3.63) is 94.0 Å². The van der Waals surface area contributed by atoms with Crippen molar-refractivity contribution in [3.8, 4) is 11.4 Å². The molecule has 8 heteroatoms. The predicted octanol–water partition coefficient (Wildman–Crippen LogP) is 6.69. The van der Waals surface area contributed by atoms with Crippen molar-refractivity contribution < 1.29 is 9.53 Å². The molecule has 1 aromatic heterocycles. The molecule has 192 valence electrons. The van der Waals surface area contributed by atoms with E-state index >= 15 is 0 Å². The Morgan fingerprint density at radius 3 is 2.41 bits per heavy atom. The molecule has 2 amide bonds. The molecule has 7 nitrogen and oxygen atoms in total. The highest BCUT2D eigenvalue weighted by Gasteiger charge is 2.30. The van der Waals surface area contributed by atoms with Crippen molar-refractivity contribution in [2.24, 2.45) is 5.92 Å². The number of urea groups is 1. The molecule has 0 spiro atoms. The third kappa shape index (κ3) is 5.62. The highest BCUT2D eigenvalue weighted by atomic mass is 35.5. The summed E-state index contributed by atoms with van der Waals surface area (Å²) in [5.41, 5.74) is 1.59. The SMILES string of the molecule is CCC(c1nc2ccccc2c(=O)n1-c1ccc(Cl)cc1)N(CC(C)C)C(=O)Nc1ccccc1OC. The number of methoxy groups -OCH3 is 1. The van der Waals surface area contributed by atoms with Crippen LogP contribution in [0.3, 0.4) is 0 Å². The molecule has 0 radical (unpaired) electrons. The molecule has 37 heavy (non-hydrogen) atoms. The Bertz CT molecular complexity index is 1450. The van der Waals surface area contributed by atoms with Gasteiger partial charge in [-0.1, -0.05) is 56.6 Å². The fraction of sp³-hybridized carbons (Fsp3) is 0.276. The second-order valence-corrected chi connectivity index (χ2v) is 9.64. The summed E-state index contributed by atoms with van der Waals surface area (Å²) in [5, 5.41) is 4.07. The summed E-state index contributed by atoms with van der Waals surface area (Å²) >= 11 is 6.14. The smallest absolute Gasteiger partial charge is 0.322 e. The van der Waals surface area contributed by atoms with E-state index in [1.54, 1.807) is 59.0 Å². The number of hydrogen-bond acceptors (Lipinski definition) is 4. The number of benzene rings is 3. The molecule has 4 aromatic rings. The zero-order valence-electron chi connectivity index (χ0n) is 21.4. The van der Waals surface area contributed by atoms with Gasteiger partial charge in [0, 0.05) is 11.6 Å². The van der Waals surface area contributed by atoms with Gasteiger partial charge in [0.2, 0.25) is 0 Å². The molecular formula is C29H31ClN4O3. The van der Waals surface area contributed by atoms with E-state index in [-0.39, 0.29) is 17.5 Å². The number of fused-ring (bicyclic) bond motifs is 1.